The molecule has 0 aromatic carbocycles. The molecule has 0 spiro atoms. The van der Waals surface area contributed by atoms with Crippen molar-refractivity contribution in [2.45, 2.75) is 11.5 Å². The Morgan fingerprint density at radius 2 is 2.00 bits per heavy atom. The summed E-state index contributed by atoms with van der Waals surface area (Å²) in [7, 11) is -4.11. The van der Waals surface area contributed by atoms with E-state index in [4.69, 9.17) is 16.7 Å². The molecule has 1 aromatic rings. The number of hydrogen-bond donors (Lipinski definition) is 1. The molecule has 4 nitrogen and oxygen atoms in total. The van der Waals surface area contributed by atoms with Gasteiger partial charge in [0.05, 0.1) is 0 Å². The first-order valence-electron chi connectivity index (χ1n) is 3.29. The number of aromatic nitrogens is 1. The highest BCUT2D eigenvalue weighted by atomic mass is 35.5. The first-order valence-corrected chi connectivity index (χ1v) is 5.21. The standard InChI is InChI=1S/C6H5ClF2N2O2S/c7-4-1-3(6(8)9)2-5(11-4)14(10,12)13/h1-2,6H,(H2,10,12,13). The second-order valence-electron chi connectivity index (χ2n) is 2.41. The Morgan fingerprint density at radius 3 is 2.43 bits per heavy atom. The molecule has 0 aliphatic rings. The number of sulfonamides is 1. The summed E-state index contributed by atoms with van der Waals surface area (Å²) in [5.41, 5.74) is -0.533. The van der Waals surface area contributed by atoms with E-state index in [0.29, 0.717) is 6.07 Å². The van der Waals surface area contributed by atoms with Gasteiger partial charge in [0.25, 0.3) is 16.4 Å². The summed E-state index contributed by atoms with van der Waals surface area (Å²) in [4.78, 5) is 3.31. The molecule has 0 saturated heterocycles. The Balaban J connectivity index is 3.35. The average molecular weight is 243 g/mol. The SMILES string of the molecule is NS(=O)(=O)c1cc(C(F)F)cc(Cl)n1. The fourth-order valence-electron chi connectivity index (χ4n) is 0.763. The van der Waals surface area contributed by atoms with Gasteiger partial charge in [0.15, 0.2) is 5.03 Å². The van der Waals surface area contributed by atoms with E-state index >= 15 is 0 Å². The summed E-state index contributed by atoms with van der Waals surface area (Å²) in [5.74, 6) is 0. The van der Waals surface area contributed by atoms with E-state index < -0.39 is 27.0 Å². The van der Waals surface area contributed by atoms with Gasteiger partial charge in [-0.05, 0) is 12.1 Å². The largest absolute Gasteiger partial charge is 0.264 e. The van der Waals surface area contributed by atoms with Gasteiger partial charge >= 0.3 is 0 Å². The quantitative estimate of drug-likeness (QED) is 0.795. The Labute approximate surface area is 83.8 Å². The zero-order valence-corrected chi connectivity index (χ0v) is 8.19. The van der Waals surface area contributed by atoms with Crippen LogP contribution in [0.25, 0.3) is 0 Å². The minimum Gasteiger partial charge on any atom is -0.223 e. The highest BCUT2D eigenvalue weighted by molar-refractivity contribution is 7.89. The van der Waals surface area contributed by atoms with Crippen LogP contribution in [0.5, 0.6) is 0 Å². The molecule has 1 aromatic heterocycles. The fourth-order valence-corrected chi connectivity index (χ4v) is 1.56. The topological polar surface area (TPSA) is 73.1 Å². The van der Waals surface area contributed by atoms with Gasteiger partial charge in [-0.1, -0.05) is 11.6 Å². The molecule has 0 atom stereocenters. The van der Waals surface area contributed by atoms with Crippen molar-refractivity contribution in [2.24, 2.45) is 5.14 Å². The molecule has 0 aliphatic carbocycles. The van der Waals surface area contributed by atoms with Crippen LogP contribution >= 0.6 is 11.6 Å². The number of primary sulfonamides is 1. The summed E-state index contributed by atoms with van der Waals surface area (Å²) < 4.78 is 45.9. The van der Waals surface area contributed by atoms with Crippen LogP contribution in [0, 0.1) is 0 Å². The summed E-state index contributed by atoms with van der Waals surface area (Å²) in [6.07, 6.45) is -2.82. The summed E-state index contributed by atoms with van der Waals surface area (Å²) >= 11 is 5.34. The van der Waals surface area contributed by atoms with Crippen molar-refractivity contribution >= 4 is 21.6 Å². The molecule has 78 valence electrons. The molecule has 0 fully saturated rings. The van der Waals surface area contributed by atoms with Crippen molar-refractivity contribution in [1.29, 1.82) is 0 Å². The predicted octanol–water partition coefficient (Wildman–Crippen LogP) is 1.32. The number of nitrogens with two attached hydrogens (primary N) is 1. The third kappa shape index (κ3) is 2.60. The maximum atomic E-state index is 12.2. The molecule has 0 amide bonds. The number of hydrogen-bond acceptors (Lipinski definition) is 3. The van der Waals surface area contributed by atoms with Crippen LogP contribution in [-0.2, 0) is 10.0 Å². The number of rotatable bonds is 2. The van der Waals surface area contributed by atoms with E-state index in [-0.39, 0.29) is 5.15 Å². The number of alkyl halides is 2. The Kier molecular flexibility index (Phi) is 3.03. The van der Waals surface area contributed by atoms with E-state index in [0.717, 1.165) is 6.07 Å². The van der Waals surface area contributed by atoms with Gasteiger partial charge in [-0.15, -0.1) is 0 Å². The summed E-state index contributed by atoms with van der Waals surface area (Å²) in [5, 5.41) is 3.69. The highest BCUT2D eigenvalue weighted by Gasteiger charge is 2.16. The molecule has 1 heterocycles. The normalized spacial score (nSPS) is 12.1. The second-order valence-corrected chi connectivity index (χ2v) is 4.30. The number of pyridine rings is 1. The zero-order chi connectivity index (χ0) is 10.9. The Morgan fingerprint density at radius 1 is 1.43 bits per heavy atom. The maximum Gasteiger partial charge on any atom is 0.264 e. The van der Waals surface area contributed by atoms with Crippen molar-refractivity contribution in [3.05, 3.63) is 22.8 Å². The van der Waals surface area contributed by atoms with Crippen LogP contribution in [0.4, 0.5) is 8.78 Å². The molecule has 14 heavy (non-hydrogen) atoms. The number of nitrogens with zero attached hydrogens (tertiary/aromatic N) is 1. The molecule has 0 aliphatic heterocycles. The van der Waals surface area contributed by atoms with Gasteiger partial charge in [-0.25, -0.2) is 27.3 Å². The third-order valence-electron chi connectivity index (χ3n) is 1.34. The van der Waals surface area contributed by atoms with Crippen molar-refractivity contribution in [3.8, 4) is 0 Å². The molecule has 0 saturated carbocycles. The van der Waals surface area contributed by atoms with E-state index in [1.165, 1.54) is 0 Å². The first-order chi connectivity index (χ1) is 6.30. The minimum absolute atomic E-state index is 0.341. The lowest BCUT2D eigenvalue weighted by Crippen LogP contribution is -2.14. The van der Waals surface area contributed by atoms with Crippen LogP contribution in [0.1, 0.15) is 12.0 Å². The smallest absolute Gasteiger partial charge is 0.223 e. The minimum atomic E-state index is -4.11. The lowest BCUT2D eigenvalue weighted by Gasteiger charge is -2.02. The van der Waals surface area contributed by atoms with Gasteiger partial charge < -0.3 is 0 Å². The van der Waals surface area contributed by atoms with Crippen LogP contribution in [0.2, 0.25) is 5.15 Å². The van der Waals surface area contributed by atoms with Gasteiger partial charge in [-0.3, -0.25) is 0 Å². The zero-order valence-electron chi connectivity index (χ0n) is 6.62. The molecule has 2 N–H and O–H groups in total. The molecular weight excluding hydrogens is 238 g/mol. The summed E-state index contributed by atoms with van der Waals surface area (Å²) in [6.45, 7) is 0. The Hall–Kier alpha value is -0.790. The van der Waals surface area contributed by atoms with Crippen LogP contribution in [0.15, 0.2) is 17.2 Å². The van der Waals surface area contributed by atoms with E-state index in [1.54, 1.807) is 0 Å². The molecule has 1 rings (SSSR count). The maximum absolute atomic E-state index is 12.2. The summed E-state index contributed by atoms with van der Waals surface area (Å²) in [6, 6.07) is 1.56. The molecular formula is C6H5ClF2N2O2S. The average Bonchev–Trinajstić information content (AvgIpc) is 2.01. The molecule has 8 heteroatoms. The van der Waals surface area contributed by atoms with Gasteiger partial charge in [-0.2, -0.15) is 0 Å². The molecule has 0 radical (unpaired) electrons. The lowest BCUT2D eigenvalue weighted by molar-refractivity contribution is 0.151. The van der Waals surface area contributed by atoms with Crippen molar-refractivity contribution in [1.82, 2.24) is 4.98 Å². The lowest BCUT2D eigenvalue weighted by atomic mass is 10.3. The molecule has 0 unspecified atom stereocenters. The molecule has 0 bridgehead atoms. The number of halogens is 3. The predicted molar refractivity (Wildman–Crippen MR) is 45.6 cm³/mol. The van der Waals surface area contributed by atoms with E-state index in [2.05, 4.69) is 4.98 Å². The van der Waals surface area contributed by atoms with Gasteiger partial charge in [0, 0.05) is 5.56 Å². The van der Waals surface area contributed by atoms with Crippen LogP contribution < -0.4 is 5.14 Å². The van der Waals surface area contributed by atoms with Crippen molar-refractivity contribution < 1.29 is 17.2 Å². The first kappa shape index (κ1) is 11.3. The van der Waals surface area contributed by atoms with Gasteiger partial charge in [0.2, 0.25) is 0 Å². The van der Waals surface area contributed by atoms with Gasteiger partial charge in [0.1, 0.15) is 5.15 Å². The van der Waals surface area contributed by atoms with Crippen molar-refractivity contribution in [2.75, 3.05) is 0 Å². The van der Waals surface area contributed by atoms with E-state index in [9.17, 15) is 17.2 Å². The highest BCUT2D eigenvalue weighted by Crippen LogP contribution is 2.23. The second kappa shape index (κ2) is 3.76. The third-order valence-corrected chi connectivity index (χ3v) is 2.32. The fraction of sp³-hybridized carbons (Fsp3) is 0.167. The van der Waals surface area contributed by atoms with Crippen LogP contribution in [-0.4, -0.2) is 13.4 Å². The Bertz CT molecular complexity index is 449. The monoisotopic (exact) mass is 242 g/mol. The van der Waals surface area contributed by atoms with Crippen LogP contribution in [0.3, 0.4) is 0 Å². The van der Waals surface area contributed by atoms with E-state index in [1.807, 2.05) is 0 Å². The van der Waals surface area contributed by atoms with Crippen molar-refractivity contribution in [3.63, 3.8) is 0 Å².